The molecule has 1 aromatic carbocycles. The number of carboxylic acid groups (broad SMARTS) is 1. The van der Waals surface area contributed by atoms with E-state index < -0.39 is 30.5 Å². The number of aliphatic carboxylic acids is 1. The molecule has 0 saturated carbocycles. The Labute approximate surface area is 100 Å². The summed E-state index contributed by atoms with van der Waals surface area (Å²) in [5, 5.41) is 10.3. The standard InChI is InChI=1S/C11H10F3NO3/c12-11(13,14)10(18)15-8(6-9(16)17)7-4-2-1-3-5-7/h1-5,8H,6H2,(H,15,18)(H,16,17)/t8-/m1/s1. The van der Waals surface area contributed by atoms with Gasteiger partial charge < -0.3 is 10.4 Å². The van der Waals surface area contributed by atoms with E-state index in [1.165, 1.54) is 12.1 Å². The number of hydrogen-bond acceptors (Lipinski definition) is 2. The van der Waals surface area contributed by atoms with Crippen LogP contribution in [-0.4, -0.2) is 23.2 Å². The van der Waals surface area contributed by atoms with E-state index in [9.17, 15) is 22.8 Å². The minimum atomic E-state index is -5.04. The number of carbonyl (C=O) groups excluding carboxylic acids is 1. The Morgan fingerprint density at radius 1 is 1.22 bits per heavy atom. The van der Waals surface area contributed by atoms with Crippen LogP contribution in [-0.2, 0) is 9.59 Å². The van der Waals surface area contributed by atoms with Gasteiger partial charge in [-0.05, 0) is 5.56 Å². The molecule has 0 bridgehead atoms. The third-order valence-corrected chi connectivity index (χ3v) is 2.14. The summed E-state index contributed by atoms with van der Waals surface area (Å²) in [6.45, 7) is 0. The molecule has 0 unspecified atom stereocenters. The van der Waals surface area contributed by atoms with Crippen molar-refractivity contribution < 1.29 is 27.9 Å². The monoisotopic (exact) mass is 261 g/mol. The highest BCUT2D eigenvalue weighted by molar-refractivity contribution is 5.82. The number of nitrogens with one attached hydrogen (secondary N) is 1. The van der Waals surface area contributed by atoms with Crippen molar-refractivity contribution in [1.29, 1.82) is 0 Å². The van der Waals surface area contributed by atoms with E-state index in [-0.39, 0.29) is 0 Å². The summed E-state index contributed by atoms with van der Waals surface area (Å²) in [5.41, 5.74) is 0.303. The molecular weight excluding hydrogens is 251 g/mol. The molecule has 0 fully saturated rings. The zero-order valence-electron chi connectivity index (χ0n) is 9.07. The summed E-state index contributed by atoms with van der Waals surface area (Å²) in [4.78, 5) is 21.4. The summed E-state index contributed by atoms with van der Waals surface area (Å²) >= 11 is 0. The molecule has 0 saturated heterocycles. The molecule has 1 rings (SSSR count). The molecular formula is C11H10F3NO3. The molecule has 1 atom stereocenters. The third-order valence-electron chi connectivity index (χ3n) is 2.14. The van der Waals surface area contributed by atoms with Crippen LogP contribution in [0.5, 0.6) is 0 Å². The zero-order chi connectivity index (χ0) is 13.8. The highest BCUT2D eigenvalue weighted by Crippen LogP contribution is 2.20. The molecule has 1 amide bonds. The highest BCUT2D eigenvalue weighted by atomic mass is 19.4. The highest BCUT2D eigenvalue weighted by Gasteiger charge is 2.40. The quantitative estimate of drug-likeness (QED) is 0.869. The lowest BCUT2D eigenvalue weighted by molar-refractivity contribution is -0.174. The first-order valence-corrected chi connectivity index (χ1v) is 4.95. The van der Waals surface area contributed by atoms with Crippen molar-refractivity contribution in [2.45, 2.75) is 18.6 Å². The summed E-state index contributed by atoms with van der Waals surface area (Å²) in [6.07, 6.45) is -5.66. The maximum atomic E-state index is 12.1. The average molecular weight is 261 g/mol. The molecule has 0 aliphatic heterocycles. The van der Waals surface area contributed by atoms with Crippen molar-refractivity contribution in [2.75, 3.05) is 0 Å². The molecule has 0 aliphatic carbocycles. The van der Waals surface area contributed by atoms with Crippen LogP contribution < -0.4 is 5.32 Å². The molecule has 98 valence electrons. The SMILES string of the molecule is O=C(O)C[C@@H](NC(=O)C(F)(F)F)c1ccccc1. The van der Waals surface area contributed by atoms with Crippen LogP contribution in [0.1, 0.15) is 18.0 Å². The van der Waals surface area contributed by atoms with E-state index in [1.54, 1.807) is 23.5 Å². The second-order valence-corrected chi connectivity index (χ2v) is 3.53. The summed E-state index contributed by atoms with van der Waals surface area (Å²) < 4.78 is 36.3. The van der Waals surface area contributed by atoms with Gasteiger partial charge in [0, 0.05) is 0 Å². The van der Waals surface area contributed by atoms with Crippen molar-refractivity contribution in [1.82, 2.24) is 5.32 Å². The van der Waals surface area contributed by atoms with Gasteiger partial charge in [-0.2, -0.15) is 13.2 Å². The molecule has 2 N–H and O–H groups in total. The van der Waals surface area contributed by atoms with Crippen molar-refractivity contribution in [2.24, 2.45) is 0 Å². The van der Waals surface area contributed by atoms with E-state index in [2.05, 4.69) is 0 Å². The van der Waals surface area contributed by atoms with Crippen molar-refractivity contribution >= 4 is 11.9 Å². The average Bonchev–Trinajstić information content (AvgIpc) is 2.27. The van der Waals surface area contributed by atoms with Crippen LogP contribution in [0.2, 0.25) is 0 Å². The Morgan fingerprint density at radius 2 is 1.78 bits per heavy atom. The van der Waals surface area contributed by atoms with E-state index in [0.717, 1.165) is 0 Å². The number of carboxylic acids is 1. The van der Waals surface area contributed by atoms with Crippen LogP contribution in [0, 0.1) is 0 Å². The van der Waals surface area contributed by atoms with Crippen LogP contribution in [0.15, 0.2) is 30.3 Å². The minimum Gasteiger partial charge on any atom is -0.481 e. The van der Waals surface area contributed by atoms with Gasteiger partial charge in [0.25, 0.3) is 0 Å². The molecule has 0 radical (unpaired) electrons. The Bertz CT molecular complexity index is 431. The molecule has 1 aromatic rings. The maximum absolute atomic E-state index is 12.1. The number of benzene rings is 1. The van der Waals surface area contributed by atoms with Gasteiger partial charge in [0.1, 0.15) is 0 Å². The third kappa shape index (κ3) is 4.08. The fraction of sp³-hybridized carbons (Fsp3) is 0.273. The first-order chi connectivity index (χ1) is 8.30. The maximum Gasteiger partial charge on any atom is 0.471 e. The van der Waals surface area contributed by atoms with Gasteiger partial charge in [0.15, 0.2) is 0 Å². The topological polar surface area (TPSA) is 66.4 Å². The molecule has 4 nitrogen and oxygen atoms in total. The fourth-order valence-electron chi connectivity index (χ4n) is 1.35. The number of halogens is 3. The Morgan fingerprint density at radius 3 is 2.22 bits per heavy atom. The van der Waals surface area contributed by atoms with Gasteiger partial charge in [-0.1, -0.05) is 30.3 Å². The van der Waals surface area contributed by atoms with E-state index >= 15 is 0 Å². The fourth-order valence-corrected chi connectivity index (χ4v) is 1.35. The van der Waals surface area contributed by atoms with Gasteiger partial charge in [0.2, 0.25) is 0 Å². The first kappa shape index (κ1) is 14.0. The second-order valence-electron chi connectivity index (χ2n) is 3.53. The lowest BCUT2D eigenvalue weighted by Crippen LogP contribution is -2.39. The number of carbonyl (C=O) groups is 2. The van der Waals surface area contributed by atoms with Crippen LogP contribution in [0.4, 0.5) is 13.2 Å². The van der Waals surface area contributed by atoms with Crippen molar-refractivity contribution in [3.63, 3.8) is 0 Å². The smallest absolute Gasteiger partial charge is 0.471 e. The Hall–Kier alpha value is -2.05. The largest absolute Gasteiger partial charge is 0.481 e. The lowest BCUT2D eigenvalue weighted by Gasteiger charge is -2.18. The van der Waals surface area contributed by atoms with Crippen LogP contribution >= 0.6 is 0 Å². The summed E-state index contributed by atoms with van der Waals surface area (Å²) in [5.74, 6) is -3.45. The summed E-state index contributed by atoms with van der Waals surface area (Å²) in [7, 11) is 0. The van der Waals surface area contributed by atoms with E-state index in [0.29, 0.717) is 5.56 Å². The Balaban J connectivity index is 2.87. The normalized spacial score (nSPS) is 12.8. The zero-order valence-corrected chi connectivity index (χ0v) is 9.07. The summed E-state index contributed by atoms with van der Waals surface area (Å²) in [6, 6.07) is 6.41. The number of rotatable bonds is 4. The van der Waals surface area contributed by atoms with Gasteiger partial charge >= 0.3 is 18.1 Å². The minimum absolute atomic E-state index is 0.303. The van der Waals surface area contributed by atoms with E-state index in [1.807, 2.05) is 0 Å². The van der Waals surface area contributed by atoms with Crippen LogP contribution in [0.25, 0.3) is 0 Å². The van der Waals surface area contributed by atoms with E-state index in [4.69, 9.17) is 5.11 Å². The number of alkyl halides is 3. The Kier molecular flexibility index (Phi) is 4.30. The number of hydrogen-bond donors (Lipinski definition) is 2. The van der Waals surface area contributed by atoms with Gasteiger partial charge in [-0.25, -0.2) is 0 Å². The first-order valence-electron chi connectivity index (χ1n) is 4.95. The van der Waals surface area contributed by atoms with Crippen molar-refractivity contribution in [3.8, 4) is 0 Å². The second kappa shape index (κ2) is 5.52. The lowest BCUT2D eigenvalue weighted by atomic mass is 10.0. The molecule has 0 heterocycles. The predicted octanol–water partition coefficient (Wildman–Crippen LogP) is 1.88. The van der Waals surface area contributed by atoms with Crippen molar-refractivity contribution in [3.05, 3.63) is 35.9 Å². The van der Waals surface area contributed by atoms with Gasteiger partial charge in [-0.15, -0.1) is 0 Å². The van der Waals surface area contributed by atoms with Crippen LogP contribution in [0.3, 0.4) is 0 Å². The van der Waals surface area contributed by atoms with Gasteiger partial charge in [-0.3, -0.25) is 9.59 Å². The molecule has 18 heavy (non-hydrogen) atoms. The number of amides is 1. The molecule has 7 heteroatoms. The predicted molar refractivity (Wildman–Crippen MR) is 55.6 cm³/mol. The molecule has 0 spiro atoms. The molecule has 0 aromatic heterocycles. The molecule has 0 aliphatic rings. The van der Waals surface area contributed by atoms with Gasteiger partial charge in [0.05, 0.1) is 12.5 Å².